The average Bonchev–Trinajstić information content (AvgIpc) is 2.27. The summed E-state index contributed by atoms with van der Waals surface area (Å²) in [7, 11) is 0. The van der Waals surface area contributed by atoms with Crippen molar-refractivity contribution in [1.29, 1.82) is 0 Å². The molecular weight excluding hydrogens is 216 g/mol. The topological polar surface area (TPSA) is 29.3 Å². The average molecular weight is 236 g/mol. The van der Waals surface area contributed by atoms with Crippen LogP contribution in [-0.4, -0.2) is 23.0 Å². The van der Waals surface area contributed by atoms with Crippen molar-refractivity contribution < 1.29 is 0 Å². The van der Waals surface area contributed by atoms with Crippen LogP contribution >= 0.6 is 12.2 Å². The van der Waals surface area contributed by atoms with Crippen LogP contribution < -0.4 is 5.73 Å². The van der Waals surface area contributed by atoms with E-state index in [-0.39, 0.29) is 0 Å². The number of thiocarbonyl (C=S) groups is 1. The van der Waals surface area contributed by atoms with E-state index in [2.05, 4.69) is 36.9 Å². The summed E-state index contributed by atoms with van der Waals surface area (Å²) in [6.07, 6.45) is 0.701. The van der Waals surface area contributed by atoms with Gasteiger partial charge >= 0.3 is 0 Å². The second-order valence-corrected chi connectivity index (χ2v) is 4.40. The van der Waals surface area contributed by atoms with Crippen molar-refractivity contribution in [3.8, 4) is 0 Å². The van der Waals surface area contributed by atoms with Crippen molar-refractivity contribution in [1.82, 2.24) is 4.90 Å². The lowest BCUT2D eigenvalue weighted by Crippen LogP contribution is -2.23. The molecule has 0 saturated carbocycles. The lowest BCUT2D eigenvalue weighted by atomic mass is 10.0. The fourth-order valence-electron chi connectivity index (χ4n) is 1.76. The number of nitrogens with zero attached hydrogens (tertiary/aromatic N) is 1. The predicted molar refractivity (Wildman–Crippen MR) is 73.6 cm³/mol. The molecule has 0 aliphatic heterocycles. The third kappa shape index (κ3) is 3.91. The highest BCUT2D eigenvalue weighted by atomic mass is 32.1. The maximum absolute atomic E-state index is 5.61. The minimum Gasteiger partial charge on any atom is -0.393 e. The second-order valence-electron chi connectivity index (χ2n) is 3.87. The number of rotatable bonds is 6. The Morgan fingerprint density at radius 2 is 1.75 bits per heavy atom. The van der Waals surface area contributed by atoms with Gasteiger partial charge in [0.1, 0.15) is 0 Å². The first-order valence-corrected chi connectivity index (χ1v) is 6.15. The zero-order chi connectivity index (χ0) is 12.0. The highest BCUT2D eigenvalue weighted by Crippen LogP contribution is 2.12. The summed E-state index contributed by atoms with van der Waals surface area (Å²) in [6, 6.07) is 8.38. The van der Waals surface area contributed by atoms with Gasteiger partial charge in [-0.25, -0.2) is 0 Å². The number of hydrogen-bond acceptors (Lipinski definition) is 2. The molecular formula is C13H20N2S. The molecule has 2 N–H and O–H groups in total. The van der Waals surface area contributed by atoms with Gasteiger partial charge in [0.05, 0.1) is 4.99 Å². The van der Waals surface area contributed by atoms with Gasteiger partial charge in [0.2, 0.25) is 0 Å². The Bertz CT molecular complexity index is 346. The van der Waals surface area contributed by atoms with Crippen molar-refractivity contribution in [3.63, 3.8) is 0 Å². The van der Waals surface area contributed by atoms with E-state index in [0.717, 1.165) is 19.6 Å². The van der Waals surface area contributed by atoms with Gasteiger partial charge in [-0.2, -0.15) is 0 Å². The molecule has 1 rings (SSSR count). The molecule has 0 radical (unpaired) electrons. The molecule has 3 heteroatoms. The van der Waals surface area contributed by atoms with E-state index in [1.165, 1.54) is 11.1 Å². The normalized spacial score (nSPS) is 10.7. The molecule has 2 nitrogen and oxygen atoms in total. The molecule has 0 saturated heterocycles. The van der Waals surface area contributed by atoms with Crippen LogP contribution in [0, 0.1) is 0 Å². The molecule has 0 fully saturated rings. The van der Waals surface area contributed by atoms with Gasteiger partial charge in [0, 0.05) is 13.0 Å². The Morgan fingerprint density at radius 1 is 1.19 bits per heavy atom. The standard InChI is InChI=1S/C13H20N2S/c1-3-15(4-2)10-12-8-6-5-7-11(12)9-13(14)16/h5-8H,3-4,9-10H2,1-2H3,(H2,14,16). The molecule has 0 amide bonds. The zero-order valence-corrected chi connectivity index (χ0v) is 10.9. The Labute approximate surface area is 103 Å². The van der Waals surface area contributed by atoms with Gasteiger partial charge in [-0.3, -0.25) is 4.90 Å². The quantitative estimate of drug-likeness (QED) is 0.769. The van der Waals surface area contributed by atoms with Gasteiger partial charge < -0.3 is 5.73 Å². The van der Waals surface area contributed by atoms with Crippen LogP contribution in [0.1, 0.15) is 25.0 Å². The van der Waals surface area contributed by atoms with E-state index in [4.69, 9.17) is 18.0 Å². The first kappa shape index (κ1) is 13.1. The van der Waals surface area contributed by atoms with E-state index < -0.39 is 0 Å². The van der Waals surface area contributed by atoms with Crippen molar-refractivity contribution in [2.45, 2.75) is 26.8 Å². The van der Waals surface area contributed by atoms with E-state index in [9.17, 15) is 0 Å². The van der Waals surface area contributed by atoms with Crippen LogP contribution in [0.25, 0.3) is 0 Å². The summed E-state index contributed by atoms with van der Waals surface area (Å²) in [4.78, 5) is 2.95. The molecule has 16 heavy (non-hydrogen) atoms. The Hall–Kier alpha value is -0.930. The minimum absolute atomic E-state index is 0.562. The van der Waals surface area contributed by atoms with Gasteiger partial charge in [-0.1, -0.05) is 50.3 Å². The maximum atomic E-state index is 5.61. The molecule has 0 spiro atoms. The summed E-state index contributed by atoms with van der Waals surface area (Å²) < 4.78 is 0. The minimum atomic E-state index is 0.562. The third-order valence-electron chi connectivity index (χ3n) is 2.77. The number of nitrogens with two attached hydrogens (primary N) is 1. The van der Waals surface area contributed by atoms with Crippen LogP contribution in [0.5, 0.6) is 0 Å². The molecule has 0 atom stereocenters. The monoisotopic (exact) mass is 236 g/mol. The third-order valence-corrected chi connectivity index (χ3v) is 2.92. The maximum Gasteiger partial charge on any atom is 0.0771 e. The van der Waals surface area contributed by atoms with E-state index in [1.807, 2.05) is 6.07 Å². The second kappa shape index (κ2) is 6.61. The molecule has 0 aliphatic rings. The molecule has 1 aromatic carbocycles. The summed E-state index contributed by atoms with van der Waals surface area (Å²) >= 11 is 4.97. The Balaban J connectivity index is 2.81. The highest BCUT2D eigenvalue weighted by molar-refractivity contribution is 7.80. The first-order valence-electron chi connectivity index (χ1n) is 5.74. The SMILES string of the molecule is CCN(CC)Cc1ccccc1CC(N)=S. The molecule has 0 heterocycles. The fourth-order valence-corrected chi connectivity index (χ4v) is 1.92. The van der Waals surface area contributed by atoms with Gasteiger partial charge in [-0.05, 0) is 24.2 Å². The van der Waals surface area contributed by atoms with Crippen LogP contribution in [0.15, 0.2) is 24.3 Å². The molecule has 0 aromatic heterocycles. The van der Waals surface area contributed by atoms with Crippen LogP contribution in [0.3, 0.4) is 0 Å². The Kier molecular flexibility index (Phi) is 5.43. The van der Waals surface area contributed by atoms with Crippen molar-refractivity contribution in [2.24, 2.45) is 5.73 Å². The first-order chi connectivity index (χ1) is 7.67. The van der Waals surface area contributed by atoms with E-state index >= 15 is 0 Å². The van der Waals surface area contributed by atoms with Crippen molar-refractivity contribution in [3.05, 3.63) is 35.4 Å². The zero-order valence-electron chi connectivity index (χ0n) is 10.1. The van der Waals surface area contributed by atoms with Crippen LogP contribution in [0.4, 0.5) is 0 Å². The summed E-state index contributed by atoms with van der Waals surface area (Å²) in [5.41, 5.74) is 8.19. The van der Waals surface area contributed by atoms with Crippen molar-refractivity contribution in [2.75, 3.05) is 13.1 Å². The van der Waals surface area contributed by atoms with Gasteiger partial charge in [0.15, 0.2) is 0 Å². The molecule has 88 valence electrons. The smallest absolute Gasteiger partial charge is 0.0771 e. The summed E-state index contributed by atoms with van der Waals surface area (Å²) in [5, 5.41) is 0. The number of hydrogen-bond donors (Lipinski definition) is 1. The van der Waals surface area contributed by atoms with Crippen molar-refractivity contribution >= 4 is 17.2 Å². The fraction of sp³-hybridized carbons (Fsp3) is 0.462. The highest BCUT2D eigenvalue weighted by Gasteiger charge is 2.06. The van der Waals surface area contributed by atoms with Gasteiger partial charge in [-0.15, -0.1) is 0 Å². The van der Waals surface area contributed by atoms with Crippen LogP contribution in [-0.2, 0) is 13.0 Å². The van der Waals surface area contributed by atoms with Gasteiger partial charge in [0.25, 0.3) is 0 Å². The molecule has 0 bridgehead atoms. The Morgan fingerprint density at radius 3 is 2.25 bits per heavy atom. The lowest BCUT2D eigenvalue weighted by Gasteiger charge is -2.20. The summed E-state index contributed by atoms with van der Waals surface area (Å²) in [6.45, 7) is 7.47. The van der Waals surface area contributed by atoms with E-state index in [0.29, 0.717) is 11.4 Å². The lowest BCUT2D eigenvalue weighted by molar-refractivity contribution is 0.295. The van der Waals surface area contributed by atoms with E-state index in [1.54, 1.807) is 0 Å². The largest absolute Gasteiger partial charge is 0.393 e. The van der Waals surface area contributed by atoms with Crippen LogP contribution in [0.2, 0.25) is 0 Å². The predicted octanol–water partition coefficient (Wildman–Crippen LogP) is 2.36. The molecule has 1 aromatic rings. The summed E-state index contributed by atoms with van der Waals surface area (Å²) in [5.74, 6) is 0. The number of benzene rings is 1. The molecule has 0 unspecified atom stereocenters. The molecule has 0 aliphatic carbocycles.